The van der Waals surface area contributed by atoms with Crippen LogP contribution >= 0.6 is 11.3 Å². The Hall–Kier alpha value is -2.74. The molecule has 0 bridgehead atoms. The third-order valence-corrected chi connectivity index (χ3v) is 7.69. The summed E-state index contributed by atoms with van der Waals surface area (Å²) in [6, 6.07) is 19.1. The van der Waals surface area contributed by atoms with Crippen molar-refractivity contribution in [2.24, 2.45) is 0 Å². The molecule has 0 spiro atoms. The number of hydrogen-bond acceptors (Lipinski definition) is 5. The van der Waals surface area contributed by atoms with Gasteiger partial charge in [0, 0.05) is 51.4 Å². The minimum absolute atomic E-state index is 0.116. The van der Waals surface area contributed by atoms with E-state index in [2.05, 4.69) is 28.0 Å². The number of carbonyl (C=O) groups excluding carboxylic acids is 1. The second kappa shape index (κ2) is 10.7. The standard InChI is InChI=1S/C27H30FN3O2S/c28-23-9-7-21(8-10-23)20-29-11-4-12-30(14-13-29)26(32)25-19-24(22-5-2-1-3-6-22)27(34-25)31-15-17-33-18-16-31/h1-3,5-10,19H,4,11-18,20H2. The van der Waals surface area contributed by atoms with E-state index >= 15 is 0 Å². The van der Waals surface area contributed by atoms with Crippen LogP contribution < -0.4 is 4.90 Å². The van der Waals surface area contributed by atoms with E-state index in [9.17, 15) is 9.18 Å². The Labute approximate surface area is 204 Å². The maximum atomic E-state index is 13.6. The van der Waals surface area contributed by atoms with Gasteiger partial charge in [-0.25, -0.2) is 4.39 Å². The zero-order valence-corrected chi connectivity index (χ0v) is 20.1. The number of ether oxygens (including phenoxy) is 1. The Balaban J connectivity index is 1.31. The molecule has 34 heavy (non-hydrogen) atoms. The topological polar surface area (TPSA) is 36.0 Å². The van der Waals surface area contributed by atoms with E-state index in [0.29, 0.717) is 19.8 Å². The predicted octanol–water partition coefficient (Wildman–Crippen LogP) is 4.74. The number of benzene rings is 2. The molecule has 5 nitrogen and oxygen atoms in total. The third kappa shape index (κ3) is 5.32. The lowest BCUT2D eigenvalue weighted by atomic mass is 10.1. The van der Waals surface area contributed by atoms with Crippen molar-refractivity contribution in [1.82, 2.24) is 9.80 Å². The fourth-order valence-corrected chi connectivity index (χ4v) is 5.85. The summed E-state index contributed by atoms with van der Waals surface area (Å²) in [6.45, 7) is 7.09. The Morgan fingerprint density at radius 3 is 2.44 bits per heavy atom. The van der Waals surface area contributed by atoms with E-state index in [1.54, 1.807) is 11.3 Å². The average Bonchev–Trinajstić information content (AvgIpc) is 3.20. The Morgan fingerprint density at radius 2 is 1.68 bits per heavy atom. The van der Waals surface area contributed by atoms with Gasteiger partial charge in [-0.1, -0.05) is 42.5 Å². The quantitative estimate of drug-likeness (QED) is 0.530. The van der Waals surface area contributed by atoms with Crippen molar-refractivity contribution in [3.05, 3.63) is 76.9 Å². The van der Waals surface area contributed by atoms with Gasteiger partial charge in [0.15, 0.2) is 0 Å². The van der Waals surface area contributed by atoms with Gasteiger partial charge < -0.3 is 14.5 Å². The molecule has 2 aliphatic heterocycles. The molecule has 0 aliphatic carbocycles. The number of morpholine rings is 1. The largest absolute Gasteiger partial charge is 0.378 e. The van der Waals surface area contributed by atoms with Crippen molar-refractivity contribution in [2.45, 2.75) is 13.0 Å². The zero-order chi connectivity index (χ0) is 23.3. The highest BCUT2D eigenvalue weighted by Gasteiger charge is 2.26. The Morgan fingerprint density at radius 1 is 0.912 bits per heavy atom. The molecule has 1 amide bonds. The van der Waals surface area contributed by atoms with Crippen LogP contribution in [0, 0.1) is 5.82 Å². The normalized spacial score (nSPS) is 17.6. The molecule has 2 aliphatic rings. The summed E-state index contributed by atoms with van der Waals surface area (Å²) in [7, 11) is 0. The number of halogens is 1. The second-order valence-electron chi connectivity index (χ2n) is 8.84. The summed E-state index contributed by atoms with van der Waals surface area (Å²) >= 11 is 1.60. The third-order valence-electron chi connectivity index (χ3n) is 6.50. The first-order valence-corrected chi connectivity index (χ1v) is 12.8. The van der Waals surface area contributed by atoms with E-state index in [0.717, 1.165) is 72.3 Å². The predicted molar refractivity (Wildman–Crippen MR) is 135 cm³/mol. The zero-order valence-electron chi connectivity index (χ0n) is 19.3. The number of anilines is 1. The van der Waals surface area contributed by atoms with Gasteiger partial charge in [0.25, 0.3) is 5.91 Å². The molecule has 3 heterocycles. The molecule has 0 N–H and O–H groups in total. The van der Waals surface area contributed by atoms with Crippen LogP contribution in [0.1, 0.15) is 21.7 Å². The lowest BCUT2D eigenvalue weighted by Gasteiger charge is -2.28. The summed E-state index contributed by atoms with van der Waals surface area (Å²) in [5.74, 6) is -0.0935. The summed E-state index contributed by atoms with van der Waals surface area (Å²) in [4.78, 5) is 21.1. The van der Waals surface area contributed by atoms with Crippen LogP contribution in [0.4, 0.5) is 9.39 Å². The van der Waals surface area contributed by atoms with Gasteiger partial charge in [-0.2, -0.15) is 0 Å². The summed E-state index contributed by atoms with van der Waals surface area (Å²) in [5.41, 5.74) is 3.37. The van der Waals surface area contributed by atoms with Crippen LogP contribution in [0.25, 0.3) is 11.1 Å². The lowest BCUT2D eigenvalue weighted by Crippen LogP contribution is -2.36. The van der Waals surface area contributed by atoms with Gasteiger partial charge in [0.2, 0.25) is 0 Å². The van der Waals surface area contributed by atoms with E-state index < -0.39 is 0 Å². The molecule has 3 aromatic rings. The smallest absolute Gasteiger partial charge is 0.264 e. The lowest BCUT2D eigenvalue weighted by molar-refractivity contribution is 0.0766. The highest BCUT2D eigenvalue weighted by molar-refractivity contribution is 7.18. The molecule has 0 atom stereocenters. The minimum atomic E-state index is -0.210. The van der Waals surface area contributed by atoms with Gasteiger partial charge in [-0.3, -0.25) is 9.69 Å². The molecule has 0 saturated carbocycles. The van der Waals surface area contributed by atoms with Crippen molar-refractivity contribution in [3.8, 4) is 11.1 Å². The number of nitrogens with zero attached hydrogens (tertiary/aromatic N) is 3. The van der Waals surface area contributed by atoms with Gasteiger partial charge in [-0.05, 0) is 35.7 Å². The molecule has 2 fully saturated rings. The monoisotopic (exact) mass is 479 g/mol. The van der Waals surface area contributed by atoms with Gasteiger partial charge in [-0.15, -0.1) is 11.3 Å². The van der Waals surface area contributed by atoms with Crippen LogP contribution in [0.5, 0.6) is 0 Å². The molecule has 2 aromatic carbocycles. The Kier molecular flexibility index (Phi) is 7.23. The molecule has 2 saturated heterocycles. The number of carbonyl (C=O) groups is 1. The molecule has 178 valence electrons. The van der Waals surface area contributed by atoms with Crippen molar-refractivity contribution in [3.63, 3.8) is 0 Å². The fraction of sp³-hybridized carbons (Fsp3) is 0.370. The van der Waals surface area contributed by atoms with Crippen LogP contribution in [0.2, 0.25) is 0 Å². The maximum Gasteiger partial charge on any atom is 0.264 e. The van der Waals surface area contributed by atoms with Crippen molar-refractivity contribution < 1.29 is 13.9 Å². The first-order chi connectivity index (χ1) is 16.7. The average molecular weight is 480 g/mol. The number of rotatable bonds is 5. The summed E-state index contributed by atoms with van der Waals surface area (Å²) < 4.78 is 18.8. The fourth-order valence-electron chi connectivity index (χ4n) is 4.65. The number of thiophene rings is 1. The van der Waals surface area contributed by atoms with Crippen LogP contribution in [-0.4, -0.2) is 68.2 Å². The molecule has 0 radical (unpaired) electrons. The summed E-state index contributed by atoms with van der Waals surface area (Å²) in [5, 5.41) is 1.16. The SMILES string of the molecule is O=C(c1cc(-c2ccccc2)c(N2CCOCC2)s1)N1CCCN(Cc2ccc(F)cc2)CC1. The van der Waals surface area contributed by atoms with Crippen molar-refractivity contribution in [1.29, 1.82) is 0 Å². The van der Waals surface area contributed by atoms with E-state index in [1.165, 1.54) is 12.1 Å². The summed E-state index contributed by atoms with van der Waals surface area (Å²) in [6.07, 6.45) is 0.931. The van der Waals surface area contributed by atoms with Crippen LogP contribution in [0.3, 0.4) is 0 Å². The van der Waals surface area contributed by atoms with E-state index in [1.807, 2.05) is 35.2 Å². The molecule has 0 unspecified atom stereocenters. The number of amides is 1. The van der Waals surface area contributed by atoms with E-state index in [4.69, 9.17) is 4.74 Å². The molecular formula is C27H30FN3O2S. The Bertz CT molecular complexity index is 1100. The highest BCUT2D eigenvalue weighted by Crippen LogP contribution is 2.40. The molecule has 5 rings (SSSR count). The second-order valence-corrected chi connectivity index (χ2v) is 9.87. The first-order valence-electron chi connectivity index (χ1n) is 12.0. The van der Waals surface area contributed by atoms with Gasteiger partial charge in [0.1, 0.15) is 5.82 Å². The molecular weight excluding hydrogens is 449 g/mol. The van der Waals surface area contributed by atoms with Gasteiger partial charge >= 0.3 is 0 Å². The van der Waals surface area contributed by atoms with Crippen LogP contribution in [-0.2, 0) is 11.3 Å². The molecule has 1 aromatic heterocycles. The highest BCUT2D eigenvalue weighted by atomic mass is 32.1. The first kappa shape index (κ1) is 23.0. The minimum Gasteiger partial charge on any atom is -0.378 e. The van der Waals surface area contributed by atoms with Crippen molar-refractivity contribution in [2.75, 3.05) is 57.4 Å². The molecule has 7 heteroatoms. The van der Waals surface area contributed by atoms with Crippen LogP contribution in [0.15, 0.2) is 60.7 Å². The maximum absolute atomic E-state index is 13.6. The van der Waals surface area contributed by atoms with Crippen molar-refractivity contribution >= 4 is 22.2 Å². The number of hydrogen-bond donors (Lipinski definition) is 0. The van der Waals surface area contributed by atoms with E-state index in [-0.39, 0.29) is 11.7 Å². The van der Waals surface area contributed by atoms with Gasteiger partial charge in [0.05, 0.1) is 23.1 Å².